The Morgan fingerprint density at radius 3 is 2.79 bits per heavy atom. The lowest BCUT2D eigenvalue weighted by molar-refractivity contribution is -0.114. The second kappa shape index (κ2) is 7.51. The quantitative estimate of drug-likeness (QED) is 0.668. The van der Waals surface area contributed by atoms with Gasteiger partial charge >= 0.3 is 0 Å². The Kier molecular flexibility index (Phi) is 4.89. The van der Waals surface area contributed by atoms with Crippen molar-refractivity contribution in [2.24, 2.45) is 4.40 Å². The third kappa shape index (κ3) is 3.90. The Morgan fingerprint density at radius 2 is 2.03 bits per heavy atom. The van der Waals surface area contributed by atoms with E-state index >= 15 is 0 Å². The number of aryl methyl sites for hydroxylation is 1. The van der Waals surface area contributed by atoms with Gasteiger partial charge in [0.2, 0.25) is 11.7 Å². The van der Waals surface area contributed by atoms with Crippen molar-refractivity contribution < 1.29 is 17.6 Å². The fraction of sp³-hybridized carbons (Fsp3) is 0.150. The number of hydrogen-bond acceptors (Lipinski definition) is 6. The van der Waals surface area contributed by atoms with E-state index in [0.29, 0.717) is 11.6 Å². The van der Waals surface area contributed by atoms with Gasteiger partial charge in [-0.15, -0.1) is 4.40 Å². The van der Waals surface area contributed by atoms with E-state index in [4.69, 9.17) is 4.42 Å². The summed E-state index contributed by atoms with van der Waals surface area (Å²) >= 11 is 0. The second-order valence-electron chi connectivity index (χ2n) is 6.58. The molecule has 8 nitrogen and oxygen atoms in total. The Hall–Kier alpha value is -3.46. The molecule has 1 aliphatic heterocycles. The molecule has 1 aliphatic rings. The van der Waals surface area contributed by atoms with Crippen LogP contribution in [0.4, 0.5) is 5.69 Å². The van der Waals surface area contributed by atoms with Crippen molar-refractivity contribution in [2.75, 3.05) is 11.9 Å². The molecular weight excluding hydrogens is 392 g/mol. The molecule has 0 fully saturated rings. The molecule has 0 aliphatic carbocycles. The van der Waals surface area contributed by atoms with Crippen LogP contribution >= 0.6 is 0 Å². The fourth-order valence-electron chi connectivity index (χ4n) is 3.13. The van der Waals surface area contributed by atoms with E-state index in [-0.39, 0.29) is 23.2 Å². The molecule has 0 saturated heterocycles. The molecule has 2 aromatic carbocycles. The van der Waals surface area contributed by atoms with Crippen molar-refractivity contribution in [2.45, 2.75) is 17.7 Å². The molecule has 1 unspecified atom stereocenters. The van der Waals surface area contributed by atoms with Gasteiger partial charge in [-0.1, -0.05) is 42.0 Å². The van der Waals surface area contributed by atoms with Crippen LogP contribution in [0, 0.1) is 6.92 Å². The number of carbonyl (C=O) groups is 1. The number of sulfonamides is 1. The Labute approximate surface area is 167 Å². The number of nitrogens with zero attached hydrogens (tertiary/aromatic N) is 2. The summed E-state index contributed by atoms with van der Waals surface area (Å²) in [4.78, 5) is 16.9. The van der Waals surface area contributed by atoms with Gasteiger partial charge in [0.15, 0.2) is 0 Å². The largest absolute Gasteiger partial charge is 0.448 e. The minimum atomic E-state index is -3.94. The van der Waals surface area contributed by atoms with E-state index in [0.717, 1.165) is 11.1 Å². The zero-order valence-electron chi connectivity index (χ0n) is 15.5. The van der Waals surface area contributed by atoms with Crippen LogP contribution in [-0.4, -0.2) is 31.7 Å². The van der Waals surface area contributed by atoms with Crippen molar-refractivity contribution in [3.05, 3.63) is 78.0 Å². The molecular formula is C20H18N4O4S. The van der Waals surface area contributed by atoms with E-state index in [1.807, 2.05) is 31.2 Å². The molecule has 2 heterocycles. The zero-order valence-corrected chi connectivity index (χ0v) is 16.3. The van der Waals surface area contributed by atoms with Gasteiger partial charge in [-0.3, -0.25) is 4.79 Å². The normalized spacial score (nSPS) is 15.6. The minimum absolute atomic E-state index is 0.0361. The molecule has 0 bridgehead atoms. The van der Waals surface area contributed by atoms with Crippen LogP contribution in [0.2, 0.25) is 0 Å². The highest BCUT2D eigenvalue weighted by atomic mass is 32.2. The van der Waals surface area contributed by atoms with Crippen molar-refractivity contribution >= 4 is 27.5 Å². The minimum Gasteiger partial charge on any atom is -0.448 e. The van der Waals surface area contributed by atoms with E-state index in [1.54, 1.807) is 18.2 Å². The number of para-hydroxylation sites is 1. The Bertz CT molecular complexity index is 1190. The summed E-state index contributed by atoms with van der Waals surface area (Å²) in [7, 11) is -3.94. The molecule has 148 valence electrons. The number of rotatable bonds is 5. The number of oxazole rings is 1. The predicted molar refractivity (Wildman–Crippen MR) is 107 cm³/mol. The molecule has 1 atom stereocenters. The number of nitrogens with one attached hydrogen (secondary N) is 2. The molecule has 9 heteroatoms. The van der Waals surface area contributed by atoms with Crippen LogP contribution in [0.15, 0.2) is 74.7 Å². The first-order valence-electron chi connectivity index (χ1n) is 8.89. The predicted octanol–water partition coefficient (Wildman–Crippen LogP) is 2.44. The smallest absolute Gasteiger partial charge is 0.287 e. The first kappa shape index (κ1) is 18.9. The Morgan fingerprint density at radius 1 is 1.21 bits per heavy atom. The summed E-state index contributed by atoms with van der Waals surface area (Å²) in [6.45, 7) is 2.13. The molecule has 0 radical (unpaired) electrons. The standard InChI is InChI=1S/C20H18N4O4S/c1-13-5-4-6-14(11-13)15(20-21-9-10-28-20)12-22-19(25)18-23-16-7-2-3-8-17(16)29(26,27)24-18/h2-11,15H,12H2,1H3,(H,22,25)(H,23,24). The van der Waals surface area contributed by atoms with E-state index < -0.39 is 15.9 Å². The number of amidine groups is 1. The first-order chi connectivity index (χ1) is 13.9. The van der Waals surface area contributed by atoms with Crippen LogP contribution in [0.25, 0.3) is 0 Å². The van der Waals surface area contributed by atoms with Gasteiger partial charge in [0.05, 0.1) is 17.8 Å². The van der Waals surface area contributed by atoms with Gasteiger partial charge in [0.25, 0.3) is 15.9 Å². The van der Waals surface area contributed by atoms with Crippen LogP contribution in [0.5, 0.6) is 0 Å². The second-order valence-corrected chi connectivity index (χ2v) is 8.16. The summed E-state index contributed by atoms with van der Waals surface area (Å²) in [5.41, 5.74) is 2.30. The summed E-state index contributed by atoms with van der Waals surface area (Å²) in [6, 6.07) is 14.1. The SMILES string of the molecule is Cc1cccc(C(CNC(=O)C2=NS(=O)(=O)c3ccccc3N2)c2ncco2)c1. The Balaban J connectivity index is 1.56. The van der Waals surface area contributed by atoms with Crippen molar-refractivity contribution in [3.63, 3.8) is 0 Å². The van der Waals surface area contributed by atoms with Gasteiger partial charge in [0.1, 0.15) is 11.2 Å². The van der Waals surface area contributed by atoms with Crippen molar-refractivity contribution in [1.82, 2.24) is 10.3 Å². The molecule has 0 spiro atoms. The first-order valence-corrected chi connectivity index (χ1v) is 10.3. The van der Waals surface area contributed by atoms with Crippen LogP contribution in [0.3, 0.4) is 0 Å². The third-order valence-corrected chi connectivity index (χ3v) is 5.84. The number of fused-ring (bicyclic) bond motifs is 1. The average molecular weight is 410 g/mol. The highest BCUT2D eigenvalue weighted by Gasteiger charge is 2.28. The molecule has 3 aromatic rings. The number of amides is 1. The molecule has 1 aromatic heterocycles. The van der Waals surface area contributed by atoms with E-state index in [1.165, 1.54) is 18.5 Å². The van der Waals surface area contributed by atoms with E-state index in [2.05, 4.69) is 20.0 Å². The lowest BCUT2D eigenvalue weighted by atomic mass is 9.97. The monoisotopic (exact) mass is 410 g/mol. The molecule has 4 rings (SSSR count). The topological polar surface area (TPSA) is 114 Å². The lowest BCUT2D eigenvalue weighted by Gasteiger charge is -2.19. The summed E-state index contributed by atoms with van der Waals surface area (Å²) < 4.78 is 33.7. The molecule has 0 saturated carbocycles. The number of anilines is 1. The molecule has 1 amide bonds. The lowest BCUT2D eigenvalue weighted by Crippen LogP contribution is -2.40. The maximum atomic E-state index is 12.6. The summed E-state index contributed by atoms with van der Waals surface area (Å²) in [5.74, 6) is -0.791. The van der Waals surface area contributed by atoms with Gasteiger partial charge in [-0.05, 0) is 24.6 Å². The maximum absolute atomic E-state index is 12.6. The maximum Gasteiger partial charge on any atom is 0.287 e. The number of aromatic nitrogens is 1. The van der Waals surface area contributed by atoms with Crippen molar-refractivity contribution in [1.29, 1.82) is 0 Å². The zero-order chi connectivity index (χ0) is 20.4. The summed E-state index contributed by atoms with van der Waals surface area (Å²) in [5, 5.41) is 5.51. The fourth-order valence-corrected chi connectivity index (χ4v) is 4.25. The molecule has 29 heavy (non-hydrogen) atoms. The van der Waals surface area contributed by atoms with Crippen LogP contribution in [-0.2, 0) is 14.8 Å². The van der Waals surface area contributed by atoms with E-state index in [9.17, 15) is 13.2 Å². The number of carbonyl (C=O) groups excluding carboxylic acids is 1. The number of hydrogen-bond donors (Lipinski definition) is 2. The number of benzene rings is 2. The van der Waals surface area contributed by atoms with Gasteiger partial charge in [0, 0.05) is 6.54 Å². The average Bonchev–Trinajstić information content (AvgIpc) is 3.22. The third-order valence-electron chi connectivity index (χ3n) is 4.51. The highest BCUT2D eigenvalue weighted by molar-refractivity contribution is 7.90. The van der Waals surface area contributed by atoms with Crippen LogP contribution < -0.4 is 10.6 Å². The van der Waals surface area contributed by atoms with Gasteiger partial charge in [-0.2, -0.15) is 8.42 Å². The van der Waals surface area contributed by atoms with Gasteiger partial charge in [-0.25, -0.2) is 4.98 Å². The van der Waals surface area contributed by atoms with Crippen molar-refractivity contribution in [3.8, 4) is 0 Å². The summed E-state index contributed by atoms with van der Waals surface area (Å²) in [6.07, 6.45) is 3.01. The molecule has 2 N–H and O–H groups in total. The highest BCUT2D eigenvalue weighted by Crippen LogP contribution is 2.27. The van der Waals surface area contributed by atoms with Gasteiger partial charge < -0.3 is 15.1 Å². The van der Waals surface area contributed by atoms with Crippen LogP contribution in [0.1, 0.15) is 22.9 Å².